The van der Waals surface area contributed by atoms with Crippen molar-refractivity contribution in [2.24, 2.45) is 0 Å². The molecular weight excluding hydrogens is 408 g/mol. The molecule has 0 fully saturated rings. The number of carboxylic acid groups (broad SMARTS) is 2. The van der Waals surface area contributed by atoms with E-state index in [0.29, 0.717) is 33.8 Å². The fourth-order valence-electron chi connectivity index (χ4n) is 3.42. The third kappa shape index (κ3) is 4.15. The lowest BCUT2D eigenvalue weighted by atomic mass is 9.99. The van der Waals surface area contributed by atoms with Gasteiger partial charge in [0.15, 0.2) is 11.5 Å². The molecule has 0 aromatic heterocycles. The van der Waals surface area contributed by atoms with Crippen LogP contribution in [0.4, 0.5) is 0 Å². The second-order valence-corrected chi connectivity index (χ2v) is 6.86. The van der Waals surface area contributed by atoms with Crippen LogP contribution < -0.4 is 9.78 Å². The normalized spacial score (nSPS) is 10.4. The van der Waals surface area contributed by atoms with Crippen LogP contribution in [0.25, 0.3) is 22.3 Å². The minimum atomic E-state index is -1.05. The van der Waals surface area contributed by atoms with E-state index in [1.165, 1.54) is 12.1 Å². The van der Waals surface area contributed by atoms with Crippen LogP contribution in [0.2, 0.25) is 0 Å². The zero-order valence-corrected chi connectivity index (χ0v) is 16.8. The van der Waals surface area contributed by atoms with E-state index in [9.17, 15) is 19.8 Å². The van der Waals surface area contributed by atoms with Crippen LogP contribution in [0.1, 0.15) is 20.7 Å². The van der Waals surface area contributed by atoms with Crippen LogP contribution in [-0.2, 0) is 0 Å². The molecule has 0 atom stereocenters. The van der Waals surface area contributed by atoms with Crippen molar-refractivity contribution >= 4 is 11.9 Å². The monoisotopic (exact) mass is 426 g/mol. The molecule has 0 amide bonds. The van der Waals surface area contributed by atoms with Gasteiger partial charge >= 0.3 is 11.9 Å². The standard InChI is InChI=1S/C26H18O6/c27-25(28)21-13-3-1-9-17(21)19-11-5-7-15-23(19)31-32-24-16-8-6-12-20(24)18-10-2-4-14-22(18)26(29)30/h1-16H,(H,27,28)(H,29,30). The maximum absolute atomic E-state index is 11.7. The number of benzene rings is 4. The molecule has 0 aliphatic heterocycles. The highest BCUT2D eigenvalue weighted by atomic mass is 17.2. The Hall–Kier alpha value is -4.58. The number of rotatable bonds is 7. The van der Waals surface area contributed by atoms with Gasteiger partial charge in [-0.25, -0.2) is 9.59 Å². The molecule has 0 saturated heterocycles. The third-order valence-corrected chi connectivity index (χ3v) is 4.89. The zero-order chi connectivity index (χ0) is 22.5. The summed E-state index contributed by atoms with van der Waals surface area (Å²) >= 11 is 0. The summed E-state index contributed by atoms with van der Waals surface area (Å²) in [5, 5.41) is 19.1. The summed E-state index contributed by atoms with van der Waals surface area (Å²) in [5.74, 6) is -1.45. The van der Waals surface area contributed by atoms with Gasteiger partial charge in [0.05, 0.1) is 11.1 Å². The van der Waals surface area contributed by atoms with Crippen LogP contribution >= 0.6 is 0 Å². The quantitative estimate of drug-likeness (QED) is 0.287. The molecule has 32 heavy (non-hydrogen) atoms. The molecule has 4 aromatic carbocycles. The van der Waals surface area contributed by atoms with E-state index in [1.807, 2.05) is 0 Å². The smallest absolute Gasteiger partial charge is 0.336 e. The van der Waals surface area contributed by atoms with Gasteiger partial charge in [0.1, 0.15) is 0 Å². The van der Waals surface area contributed by atoms with Gasteiger partial charge in [-0.05, 0) is 24.3 Å². The molecular formula is C26H18O6. The molecule has 0 saturated carbocycles. The Morgan fingerprint density at radius 1 is 0.469 bits per heavy atom. The molecule has 4 aromatic rings. The number of carbonyl (C=O) groups is 2. The molecule has 6 nitrogen and oxygen atoms in total. The summed E-state index contributed by atoms with van der Waals surface area (Å²) in [7, 11) is 0. The Kier molecular flexibility index (Phi) is 5.85. The van der Waals surface area contributed by atoms with E-state index < -0.39 is 11.9 Å². The van der Waals surface area contributed by atoms with Crippen molar-refractivity contribution < 1.29 is 29.6 Å². The van der Waals surface area contributed by atoms with E-state index in [0.717, 1.165) is 0 Å². The minimum absolute atomic E-state index is 0.138. The predicted octanol–water partition coefficient (Wildman–Crippen LogP) is 5.79. The maximum atomic E-state index is 11.7. The molecule has 2 N–H and O–H groups in total. The number of carboxylic acids is 2. The number of aromatic carboxylic acids is 2. The van der Waals surface area contributed by atoms with Crippen molar-refractivity contribution in [3.63, 3.8) is 0 Å². The largest absolute Gasteiger partial charge is 0.478 e. The Balaban J connectivity index is 1.70. The molecule has 0 aliphatic rings. The van der Waals surface area contributed by atoms with Crippen molar-refractivity contribution in [1.29, 1.82) is 0 Å². The van der Waals surface area contributed by atoms with Crippen molar-refractivity contribution in [2.75, 3.05) is 0 Å². The van der Waals surface area contributed by atoms with Gasteiger partial charge < -0.3 is 10.2 Å². The third-order valence-electron chi connectivity index (χ3n) is 4.89. The summed E-state index contributed by atoms with van der Waals surface area (Å²) in [6.45, 7) is 0. The summed E-state index contributed by atoms with van der Waals surface area (Å²) in [5.41, 5.74) is 2.36. The molecule has 6 heteroatoms. The summed E-state index contributed by atoms with van der Waals surface area (Å²) in [6.07, 6.45) is 0. The fourth-order valence-corrected chi connectivity index (χ4v) is 3.42. The zero-order valence-electron chi connectivity index (χ0n) is 16.8. The fraction of sp³-hybridized carbons (Fsp3) is 0. The average Bonchev–Trinajstić information content (AvgIpc) is 2.83. The number of hydrogen-bond acceptors (Lipinski definition) is 4. The Morgan fingerprint density at radius 2 is 0.781 bits per heavy atom. The van der Waals surface area contributed by atoms with E-state index in [4.69, 9.17) is 9.78 Å². The van der Waals surface area contributed by atoms with Crippen LogP contribution in [0.5, 0.6) is 11.5 Å². The molecule has 0 unspecified atom stereocenters. The van der Waals surface area contributed by atoms with Crippen LogP contribution in [0, 0.1) is 0 Å². The molecule has 0 bridgehead atoms. The number of hydrogen-bond donors (Lipinski definition) is 2. The summed E-state index contributed by atoms with van der Waals surface area (Å²) in [6, 6.07) is 27.1. The van der Waals surface area contributed by atoms with Gasteiger partial charge in [-0.2, -0.15) is 0 Å². The lowest BCUT2D eigenvalue weighted by Gasteiger charge is -2.15. The van der Waals surface area contributed by atoms with Gasteiger partial charge in [0.25, 0.3) is 0 Å². The molecule has 0 aliphatic carbocycles. The van der Waals surface area contributed by atoms with E-state index in [2.05, 4.69) is 0 Å². The van der Waals surface area contributed by atoms with E-state index >= 15 is 0 Å². The first kappa shape index (κ1) is 20.7. The van der Waals surface area contributed by atoms with E-state index in [-0.39, 0.29) is 11.1 Å². The van der Waals surface area contributed by atoms with Crippen LogP contribution in [-0.4, -0.2) is 22.2 Å². The van der Waals surface area contributed by atoms with Crippen LogP contribution in [0.3, 0.4) is 0 Å². The summed E-state index contributed by atoms with van der Waals surface area (Å²) in [4.78, 5) is 34.6. The lowest BCUT2D eigenvalue weighted by molar-refractivity contribution is -0.0987. The number of para-hydroxylation sites is 2. The molecule has 4 rings (SSSR count). The molecule has 0 heterocycles. The molecule has 0 radical (unpaired) electrons. The lowest BCUT2D eigenvalue weighted by Crippen LogP contribution is -2.05. The van der Waals surface area contributed by atoms with Gasteiger partial charge in [-0.15, -0.1) is 0 Å². The SMILES string of the molecule is O=C(O)c1ccccc1-c1ccccc1OOc1ccccc1-c1ccccc1C(=O)O. The first-order valence-corrected chi connectivity index (χ1v) is 9.74. The average molecular weight is 426 g/mol. The Labute approximate surface area is 183 Å². The first-order valence-electron chi connectivity index (χ1n) is 9.74. The van der Waals surface area contributed by atoms with Gasteiger partial charge in [-0.3, -0.25) is 9.78 Å². The summed E-state index contributed by atoms with van der Waals surface area (Å²) < 4.78 is 0. The van der Waals surface area contributed by atoms with Crippen molar-refractivity contribution in [3.05, 3.63) is 108 Å². The molecule has 0 spiro atoms. The predicted molar refractivity (Wildman–Crippen MR) is 119 cm³/mol. The van der Waals surface area contributed by atoms with Crippen molar-refractivity contribution in [1.82, 2.24) is 0 Å². The highest BCUT2D eigenvalue weighted by Gasteiger charge is 2.18. The Bertz CT molecular complexity index is 1190. The molecule has 158 valence electrons. The van der Waals surface area contributed by atoms with Gasteiger partial charge in [-0.1, -0.05) is 72.8 Å². The Morgan fingerprint density at radius 3 is 1.16 bits per heavy atom. The van der Waals surface area contributed by atoms with Gasteiger partial charge in [0.2, 0.25) is 0 Å². The topological polar surface area (TPSA) is 93.1 Å². The highest BCUT2D eigenvalue weighted by molar-refractivity contribution is 5.97. The van der Waals surface area contributed by atoms with Crippen molar-refractivity contribution in [2.45, 2.75) is 0 Å². The van der Waals surface area contributed by atoms with Gasteiger partial charge in [0, 0.05) is 22.3 Å². The van der Waals surface area contributed by atoms with E-state index in [1.54, 1.807) is 84.9 Å². The first-order chi connectivity index (χ1) is 15.6. The second kappa shape index (κ2) is 9.06. The van der Waals surface area contributed by atoms with Crippen LogP contribution in [0.15, 0.2) is 97.1 Å². The second-order valence-electron chi connectivity index (χ2n) is 6.86. The van der Waals surface area contributed by atoms with Crippen molar-refractivity contribution in [3.8, 4) is 33.8 Å². The highest BCUT2D eigenvalue weighted by Crippen LogP contribution is 2.35. The maximum Gasteiger partial charge on any atom is 0.336 e. The minimum Gasteiger partial charge on any atom is -0.478 e.